The number of nitrogens with one attached hydrogen (secondary N) is 1. The minimum atomic E-state index is 0.189. The molecule has 4 rings (SSSR count). The molecule has 0 fully saturated rings. The van der Waals surface area contributed by atoms with Crippen LogP contribution < -0.4 is 5.32 Å². The van der Waals surface area contributed by atoms with Crippen molar-refractivity contribution >= 4 is 0 Å². The van der Waals surface area contributed by atoms with E-state index >= 15 is 0 Å². The van der Waals surface area contributed by atoms with E-state index in [9.17, 15) is 0 Å². The van der Waals surface area contributed by atoms with Crippen LogP contribution in [0.25, 0.3) is 11.5 Å². The van der Waals surface area contributed by atoms with E-state index < -0.39 is 0 Å². The number of rotatable bonds is 6. The first-order valence-corrected chi connectivity index (χ1v) is 9.15. The largest absolute Gasteiger partial charge is 0.305 e. The molecule has 0 saturated heterocycles. The summed E-state index contributed by atoms with van der Waals surface area (Å²) < 4.78 is 4.10. The molecule has 27 heavy (non-hydrogen) atoms. The Kier molecular flexibility index (Phi) is 4.85. The van der Waals surface area contributed by atoms with Crippen LogP contribution in [-0.4, -0.2) is 19.3 Å². The molecule has 1 aromatic carbocycles. The molecule has 0 amide bonds. The average Bonchev–Trinajstić information content (AvgIpc) is 3.34. The lowest BCUT2D eigenvalue weighted by atomic mass is 10.1. The molecule has 0 radical (unpaired) electrons. The van der Waals surface area contributed by atoms with Gasteiger partial charge in [0.2, 0.25) is 0 Å². The third-order valence-corrected chi connectivity index (χ3v) is 4.83. The van der Waals surface area contributed by atoms with Crippen LogP contribution >= 0.6 is 0 Å². The summed E-state index contributed by atoms with van der Waals surface area (Å²) in [5.74, 6) is 0.931. The topological polar surface area (TPSA) is 47.7 Å². The molecule has 136 valence electrons. The number of benzene rings is 1. The quantitative estimate of drug-likeness (QED) is 0.562. The highest BCUT2D eigenvalue weighted by Crippen LogP contribution is 2.21. The summed E-state index contributed by atoms with van der Waals surface area (Å²) in [6, 6.07) is 20.5. The highest BCUT2D eigenvalue weighted by Gasteiger charge is 2.14. The first-order chi connectivity index (χ1) is 13.2. The van der Waals surface area contributed by atoms with Crippen molar-refractivity contribution in [3.63, 3.8) is 0 Å². The Hall–Kier alpha value is -3.18. The van der Waals surface area contributed by atoms with Gasteiger partial charge in [0.05, 0.1) is 11.9 Å². The Bertz CT molecular complexity index is 1000. The second kappa shape index (κ2) is 7.60. The van der Waals surface area contributed by atoms with Gasteiger partial charge in [-0.1, -0.05) is 24.3 Å². The van der Waals surface area contributed by atoms with Gasteiger partial charge in [-0.2, -0.15) is 5.10 Å². The zero-order valence-corrected chi connectivity index (χ0v) is 15.6. The maximum Gasteiger partial charge on any atom is 0.136 e. The lowest BCUT2D eigenvalue weighted by molar-refractivity contribution is 0.560. The zero-order chi connectivity index (χ0) is 18.6. The van der Waals surface area contributed by atoms with Crippen LogP contribution in [0.3, 0.4) is 0 Å². The summed E-state index contributed by atoms with van der Waals surface area (Å²) in [5.41, 5.74) is 4.61. The van der Waals surface area contributed by atoms with Gasteiger partial charge >= 0.3 is 0 Å². The molecule has 0 aliphatic heterocycles. The molecule has 4 aromatic rings. The average molecular weight is 357 g/mol. The smallest absolute Gasteiger partial charge is 0.136 e. The number of nitrogens with zero attached hydrogens (tertiary/aromatic N) is 4. The van der Waals surface area contributed by atoms with Gasteiger partial charge in [-0.15, -0.1) is 0 Å². The summed E-state index contributed by atoms with van der Waals surface area (Å²) in [5, 5.41) is 8.19. The summed E-state index contributed by atoms with van der Waals surface area (Å²) in [7, 11) is 0. The Labute approximate surface area is 159 Å². The summed E-state index contributed by atoms with van der Waals surface area (Å²) in [6.45, 7) is 5.04. The van der Waals surface area contributed by atoms with E-state index in [2.05, 4.69) is 58.1 Å². The van der Waals surface area contributed by atoms with Gasteiger partial charge in [0.1, 0.15) is 5.82 Å². The molecule has 0 aliphatic rings. The van der Waals surface area contributed by atoms with Gasteiger partial charge in [0.15, 0.2) is 0 Å². The second-order valence-electron chi connectivity index (χ2n) is 6.59. The first kappa shape index (κ1) is 17.2. The van der Waals surface area contributed by atoms with E-state index in [-0.39, 0.29) is 6.04 Å². The van der Waals surface area contributed by atoms with Crippen LogP contribution in [0.1, 0.15) is 29.9 Å². The van der Waals surface area contributed by atoms with E-state index in [0.29, 0.717) is 0 Å². The molecular weight excluding hydrogens is 334 g/mol. The second-order valence-corrected chi connectivity index (χ2v) is 6.59. The molecule has 5 heteroatoms. The SMILES string of the molecule is Cc1c([C@@H](C)NCc2cccn2-c2ccccn2)cnn1-c1ccccc1. The molecule has 1 atom stereocenters. The van der Waals surface area contributed by atoms with Crippen molar-refractivity contribution in [2.75, 3.05) is 0 Å². The van der Waals surface area contributed by atoms with Crippen molar-refractivity contribution in [3.8, 4) is 11.5 Å². The number of para-hydroxylation sites is 1. The highest BCUT2D eigenvalue weighted by molar-refractivity contribution is 5.35. The van der Waals surface area contributed by atoms with E-state index in [1.54, 1.807) is 0 Å². The normalized spacial score (nSPS) is 12.2. The standard InChI is InChI=1S/C22H23N5/c1-17(21-16-25-27(18(21)2)19-9-4-3-5-10-19)24-15-20-11-8-14-26(20)22-12-6-7-13-23-22/h3-14,16-17,24H,15H2,1-2H3/t17-/m1/s1. The van der Waals surface area contributed by atoms with E-state index in [1.807, 2.05) is 59.7 Å². The fourth-order valence-electron chi connectivity index (χ4n) is 3.32. The first-order valence-electron chi connectivity index (χ1n) is 9.15. The van der Waals surface area contributed by atoms with Crippen molar-refractivity contribution < 1.29 is 0 Å². The molecule has 0 bridgehead atoms. The maximum absolute atomic E-state index is 4.58. The molecule has 0 spiro atoms. The molecule has 0 unspecified atom stereocenters. The maximum atomic E-state index is 4.58. The van der Waals surface area contributed by atoms with E-state index in [4.69, 9.17) is 0 Å². The van der Waals surface area contributed by atoms with Gasteiger partial charge in [-0.3, -0.25) is 0 Å². The van der Waals surface area contributed by atoms with Crippen molar-refractivity contribution in [2.24, 2.45) is 0 Å². The van der Waals surface area contributed by atoms with Crippen molar-refractivity contribution in [2.45, 2.75) is 26.4 Å². The van der Waals surface area contributed by atoms with Gasteiger partial charge in [0, 0.05) is 41.9 Å². The zero-order valence-electron chi connectivity index (χ0n) is 15.6. The Morgan fingerprint density at radius 2 is 1.81 bits per heavy atom. The fraction of sp³-hybridized carbons (Fsp3) is 0.182. The van der Waals surface area contributed by atoms with Crippen LogP contribution in [0, 0.1) is 6.92 Å². The van der Waals surface area contributed by atoms with Gasteiger partial charge in [-0.05, 0) is 50.2 Å². The molecule has 3 heterocycles. The van der Waals surface area contributed by atoms with Crippen molar-refractivity contribution in [1.82, 2.24) is 24.6 Å². The summed E-state index contributed by atoms with van der Waals surface area (Å²) in [6.07, 6.45) is 5.82. The Balaban J connectivity index is 1.49. The number of aromatic nitrogens is 4. The lowest BCUT2D eigenvalue weighted by Crippen LogP contribution is -2.20. The summed E-state index contributed by atoms with van der Waals surface area (Å²) in [4.78, 5) is 4.44. The summed E-state index contributed by atoms with van der Waals surface area (Å²) >= 11 is 0. The van der Waals surface area contributed by atoms with Crippen LogP contribution in [0.15, 0.2) is 79.3 Å². The predicted molar refractivity (Wildman–Crippen MR) is 107 cm³/mol. The molecule has 1 N–H and O–H groups in total. The van der Waals surface area contributed by atoms with Crippen LogP contribution in [0.5, 0.6) is 0 Å². The Morgan fingerprint density at radius 3 is 2.59 bits per heavy atom. The minimum absolute atomic E-state index is 0.189. The molecule has 5 nitrogen and oxygen atoms in total. The molecule has 0 saturated carbocycles. The third kappa shape index (κ3) is 3.55. The number of hydrogen-bond acceptors (Lipinski definition) is 3. The minimum Gasteiger partial charge on any atom is -0.305 e. The number of pyridine rings is 1. The monoisotopic (exact) mass is 357 g/mol. The molecule has 3 aromatic heterocycles. The van der Waals surface area contributed by atoms with Crippen LogP contribution in [0.4, 0.5) is 0 Å². The molecular formula is C22H23N5. The third-order valence-electron chi connectivity index (χ3n) is 4.83. The Morgan fingerprint density at radius 1 is 1.00 bits per heavy atom. The van der Waals surface area contributed by atoms with E-state index in [0.717, 1.165) is 23.7 Å². The van der Waals surface area contributed by atoms with E-state index in [1.165, 1.54) is 11.3 Å². The van der Waals surface area contributed by atoms with Crippen molar-refractivity contribution in [1.29, 1.82) is 0 Å². The molecule has 0 aliphatic carbocycles. The van der Waals surface area contributed by atoms with Crippen molar-refractivity contribution in [3.05, 3.63) is 96.2 Å². The highest BCUT2D eigenvalue weighted by atomic mass is 15.3. The number of hydrogen-bond donors (Lipinski definition) is 1. The fourth-order valence-corrected chi connectivity index (χ4v) is 3.32. The predicted octanol–water partition coefficient (Wildman–Crippen LogP) is 4.22. The van der Waals surface area contributed by atoms with Crippen LogP contribution in [-0.2, 0) is 6.54 Å². The van der Waals surface area contributed by atoms with Gasteiger partial charge < -0.3 is 9.88 Å². The van der Waals surface area contributed by atoms with Crippen LogP contribution in [0.2, 0.25) is 0 Å². The van der Waals surface area contributed by atoms with Gasteiger partial charge in [0.25, 0.3) is 0 Å². The van der Waals surface area contributed by atoms with Gasteiger partial charge in [-0.25, -0.2) is 9.67 Å². The lowest BCUT2D eigenvalue weighted by Gasteiger charge is -2.15.